The Balaban J connectivity index is 2.29. The van der Waals surface area contributed by atoms with Crippen molar-refractivity contribution < 1.29 is 0 Å². The molecule has 0 saturated heterocycles. The molecule has 88 valence electrons. The van der Waals surface area contributed by atoms with Gasteiger partial charge in [0.25, 0.3) is 0 Å². The van der Waals surface area contributed by atoms with E-state index in [9.17, 15) is 0 Å². The van der Waals surface area contributed by atoms with Crippen molar-refractivity contribution in [2.75, 3.05) is 0 Å². The van der Waals surface area contributed by atoms with Crippen molar-refractivity contribution in [3.63, 3.8) is 0 Å². The van der Waals surface area contributed by atoms with Crippen LogP contribution in [0.4, 0.5) is 0 Å². The van der Waals surface area contributed by atoms with Crippen molar-refractivity contribution >= 4 is 11.6 Å². The summed E-state index contributed by atoms with van der Waals surface area (Å²) in [5, 5.41) is 0.764. The van der Waals surface area contributed by atoms with E-state index in [-0.39, 0.29) is 6.04 Å². The molecule has 2 N–H and O–H groups in total. The molecule has 0 amide bonds. The van der Waals surface area contributed by atoms with Gasteiger partial charge in [-0.15, -0.1) is 0 Å². The van der Waals surface area contributed by atoms with E-state index in [4.69, 9.17) is 17.3 Å². The molecule has 0 fully saturated rings. The summed E-state index contributed by atoms with van der Waals surface area (Å²) in [7, 11) is 0. The average molecular weight is 246 g/mol. The van der Waals surface area contributed by atoms with Crippen molar-refractivity contribution in [1.82, 2.24) is 0 Å². The molecule has 17 heavy (non-hydrogen) atoms. The van der Waals surface area contributed by atoms with Gasteiger partial charge in [0.1, 0.15) is 0 Å². The summed E-state index contributed by atoms with van der Waals surface area (Å²) in [5.74, 6) is 0. The summed E-state index contributed by atoms with van der Waals surface area (Å²) < 4.78 is 0. The number of rotatable bonds is 3. The third-order valence-corrected chi connectivity index (χ3v) is 2.91. The maximum absolute atomic E-state index is 5.88. The largest absolute Gasteiger partial charge is 0.328 e. The normalized spacial score (nSPS) is 12.4. The number of hydrogen-bond donors (Lipinski definition) is 1. The minimum atomic E-state index is 0.190. The molecule has 0 aliphatic rings. The number of nitrogens with two attached hydrogens (primary N) is 1. The van der Waals surface area contributed by atoms with Gasteiger partial charge in [-0.25, -0.2) is 0 Å². The lowest BCUT2D eigenvalue weighted by Crippen LogP contribution is -2.17. The van der Waals surface area contributed by atoms with Crippen LogP contribution in [0.15, 0.2) is 48.5 Å². The molecule has 0 aliphatic heterocycles. The molecule has 0 aromatic heterocycles. The predicted molar refractivity (Wildman–Crippen MR) is 74.2 cm³/mol. The molecule has 0 saturated carbocycles. The van der Waals surface area contributed by atoms with Crippen molar-refractivity contribution in [2.24, 2.45) is 5.73 Å². The quantitative estimate of drug-likeness (QED) is 0.872. The summed E-state index contributed by atoms with van der Waals surface area (Å²) in [6.45, 7) is 2.02. The monoisotopic (exact) mass is 245 g/mol. The lowest BCUT2D eigenvalue weighted by Gasteiger charge is -2.08. The smallest absolute Gasteiger partial charge is 0.0406 e. The van der Waals surface area contributed by atoms with E-state index < -0.39 is 0 Å². The minimum absolute atomic E-state index is 0.190. The summed E-state index contributed by atoms with van der Waals surface area (Å²) in [5.41, 5.74) is 9.48. The van der Waals surface area contributed by atoms with Crippen LogP contribution in [0.3, 0.4) is 0 Å². The topological polar surface area (TPSA) is 26.0 Å². The van der Waals surface area contributed by atoms with Gasteiger partial charge in [-0.1, -0.05) is 48.0 Å². The lowest BCUT2D eigenvalue weighted by atomic mass is 10.0. The fraction of sp³-hybridized carbons (Fsp3) is 0.200. The van der Waals surface area contributed by atoms with Gasteiger partial charge in [-0.3, -0.25) is 0 Å². The van der Waals surface area contributed by atoms with E-state index in [1.807, 2.05) is 31.2 Å². The Bertz CT molecular complexity index is 489. The Hall–Kier alpha value is -1.31. The second kappa shape index (κ2) is 5.35. The molecule has 0 spiro atoms. The third-order valence-electron chi connectivity index (χ3n) is 2.66. The van der Waals surface area contributed by atoms with Crippen LogP contribution >= 0.6 is 11.6 Å². The number of benzene rings is 2. The van der Waals surface area contributed by atoms with Crippen molar-refractivity contribution in [2.45, 2.75) is 19.4 Å². The average Bonchev–Trinajstić information content (AvgIpc) is 2.29. The predicted octanol–water partition coefficient (Wildman–Crippen LogP) is 3.90. The minimum Gasteiger partial charge on any atom is -0.328 e. The summed E-state index contributed by atoms with van der Waals surface area (Å²) in [4.78, 5) is 0. The van der Waals surface area contributed by atoms with Crippen molar-refractivity contribution in [3.05, 3.63) is 59.1 Å². The van der Waals surface area contributed by atoms with Gasteiger partial charge >= 0.3 is 0 Å². The van der Waals surface area contributed by atoms with Crippen LogP contribution in [0.2, 0.25) is 5.02 Å². The SMILES string of the molecule is CC(N)Cc1cccc(-c2ccc(Cl)cc2)c1. The van der Waals surface area contributed by atoms with Crippen LogP contribution in [0.5, 0.6) is 0 Å². The Morgan fingerprint density at radius 1 is 1.06 bits per heavy atom. The Labute approximate surface area is 107 Å². The van der Waals surface area contributed by atoms with E-state index in [1.54, 1.807) is 0 Å². The van der Waals surface area contributed by atoms with Crippen LogP contribution in [0.1, 0.15) is 12.5 Å². The van der Waals surface area contributed by atoms with E-state index in [2.05, 4.69) is 24.3 Å². The van der Waals surface area contributed by atoms with E-state index in [0.717, 1.165) is 11.4 Å². The molecule has 0 radical (unpaired) electrons. The number of hydrogen-bond acceptors (Lipinski definition) is 1. The van der Waals surface area contributed by atoms with Crippen molar-refractivity contribution in [3.8, 4) is 11.1 Å². The highest BCUT2D eigenvalue weighted by molar-refractivity contribution is 6.30. The van der Waals surface area contributed by atoms with Gasteiger partial charge in [0, 0.05) is 11.1 Å². The molecular weight excluding hydrogens is 230 g/mol. The van der Waals surface area contributed by atoms with Gasteiger partial charge in [-0.05, 0) is 42.2 Å². The molecule has 0 aliphatic carbocycles. The zero-order chi connectivity index (χ0) is 12.3. The van der Waals surface area contributed by atoms with Crippen LogP contribution in [0.25, 0.3) is 11.1 Å². The second-order valence-electron chi connectivity index (χ2n) is 4.39. The molecule has 1 nitrogen and oxygen atoms in total. The van der Waals surface area contributed by atoms with Crippen LogP contribution in [-0.4, -0.2) is 6.04 Å². The molecule has 0 heterocycles. The van der Waals surface area contributed by atoms with Gasteiger partial charge in [0.15, 0.2) is 0 Å². The lowest BCUT2D eigenvalue weighted by molar-refractivity contribution is 0.738. The molecule has 1 unspecified atom stereocenters. The molecule has 2 heteroatoms. The van der Waals surface area contributed by atoms with Crippen LogP contribution in [0, 0.1) is 0 Å². The molecule has 2 aromatic rings. The van der Waals surface area contributed by atoms with Gasteiger partial charge < -0.3 is 5.73 Å². The Morgan fingerprint density at radius 3 is 2.41 bits per heavy atom. The van der Waals surface area contributed by atoms with Crippen molar-refractivity contribution in [1.29, 1.82) is 0 Å². The molecule has 2 aromatic carbocycles. The highest BCUT2D eigenvalue weighted by Gasteiger charge is 2.01. The maximum atomic E-state index is 5.88. The number of halogens is 1. The fourth-order valence-corrected chi connectivity index (χ4v) is 2.02. The zero-order valence-corrected chi connectivity index (χ0v) is 10.6. The molecule has 2 rings (SSSR count). The maximum Gasteiger partial charge on any atom is 0.0406 e. The third kappa shape index (κ3) is 3.32. The van der Waals surface area contributed by atoms with E-state index in [0.29, 0.717) is 0 Å². The van der Waals surface area contributed by atoms with Crippen LogP contribution < -0.4 is 5.73 Å². The summed E-state index contributed by atoms with van der Waals surface area (Å²) in [6, 6.07) is 16.6. The highest BCUT2D eigenvalue weighted by Crippen LogP contribution is 2.22. The first-order chi connectivity index (χ1) is 8.15. The highest BCUT2D eigenvalue weighted by atomic mass is 35.5. The van der Waals surface area contributed by atoms with Gasteiger partial charge in [0.2, 0.25) is 0 Å². The molecule has 1 atom stereocenters. The summed E-state index contributed by atoms with van der Waals surface area (Å²) >= 11 is 5.88. The second-order valence-corrected chi connectivity index (χ2v) is 4.83. The first-order valence-corrected chi connectivity index (χ1v) is 6.13. The van der Waals surface area contributed by atoms with E-state index in [1.165, 1.54) is 16.7 Å². The standard InChI is InChI=1S/C15H16ClN/c1-11(17)9-12-3-2-4-14(10-12)13-5-7-15(16)8-6-13/h2-8,10-11H,9,17H2,1H3. The molecular formula is C15H16ClN. The first kappa shape index (κ1) is 12.2. The van der Waals surface area contributed by atoms with E-state index >= 15 is 0 Å². The first-order valence-electron chi connectivity index (χ1n) is 5.75. The van der Waals surface area contributed by atoms with Crippen LogP contribution in [-0.2, 0) is 6.42 Å². The Morgan fingerprint density at radius 2 is 1.76 bits per heavy atom. The summed E-state index contributed by atoms with van der Waals surface area (Å²) in [6.07, 6.45) is 0.904. The van der Waals surface area contributed by atoms with Gasteiger partial charge in [0.05, 0.1) is 0 Å². The Kier molecular flexibility index (Phi) is 3.82. The van der Waals surface area contributed by atoms with Gasteiger partial charge in [-0.2, -0.15) is 0 Å². The molecule has 0 bridgehead atoms. The fourth-order valence-electron chi connectivity index (χ4n) is 1.89. The zero-order valence-electron chi connectivity index (χ0n) is 9.86.